The Morgan fingerprint density at radius 2 is 1.96 bits per heavy atom. The molecule has 0 saturated carbocycles. The van der Waals surface area contributed by atoms with Crippen molar-refractivity contribution < 1.29 is 17.4 Å². The van der Waals surface area contributed by atoms with Crippen LogP contribution in [0, 0.1) is 13.8 Å². The number of unbranched alkanes of at least 4 members (excludes halogenated alkanes) is 1. The molecule has 0 fully saturated rings. The number of sulfonamides is 1. The SMILES string of the molecule is CCCCN(Cc1ccco1)S(=O)(=O)c1cc(-c2cc(C)no2)ccc1C. The molecule has 0 bridgehead atoms. The van der Waals surface area contributed by atoms with E-state index in [0.29, 0.717) is 29.2 Å². The maximum atomic E-state index is 13.4. The van der Waals surface area contributed by atoms with Crippen molar-refractivity contribution in [2.75, 3.05) is 6.54 Å². The zero-order valence-electron chi connectivity index (χ0n) is 15.8. The molecular weight excluding hydrogens is 364 g/mol. The Morgan fingerprint density at radius 1 is 1.15 bits per heavy atom. The molecule has 0 aliphatic carbocycles. The van der Waals surface area contributed by atoms with Crippen molar-refractivity contribution in [3.63, 3.8) is 0 Å². The summed E-state index contributed by atoms with van der Waals surface area (Å²) in [5.74, 6) is 1.17. The van der Waals surface area contributed by atoms with E-state index in [9.17, 15) is 8.42 Å². The molecule has 1 aromatic carbocycles. The summed E-state index contributed by atoms with van der Waals surface area (Å²) in [5.41, 5.74) is 2.13. The number of nitrogens with zero attached hydrogens (tertiary/aromatic N) is 2. The number of furan rings is 1. The molecule has 0 aliphatic rings. The van der Waals surface area contributed by atoms with Gasteiger partial charge in [-0.1, -0.05) is 30.6 Å². The second-order valence-electron chi connectivity index (χ2n) is 6.58. The summed E-state index contributed by atoms with van der Waals surface area (Å²) in [6.45, 7) is 6.31. The molecule has 0 saturated heterocycles. The average Bonchev–Trinajstić information content (AvgIpc) is 3.30. The highest BCUT2D eigenvalue weighted by Crippen LogP contribution is 2.28. The molecule has 2 heterocycles. The van der Waals surface area contributed by atoms with Gasteiger partial charge in [-0.25, -0.2) is 8.42 Å². The summed E-state index contributed by atoms with van der Waals surface area (Å²) >= 11 is 0. The molecule has 0 radical (unpaired) electrons. The number of aromatic nitrogens is 1. The molecule has 0 unspecified atom stereocenters. The third-order valence-electron chi connectivity index (χ3n) is 4.39. The van der Waals surface area contributed by atoms with E-state index < -0.39 is 10.0 Å². The van der Waals surface area contributed by atoms with Gasteiger partial charge in [-0.2, -0.15) is 4.31 Å². The molecule has 0 aliphatic heterocycles. The molecule has 0 amide bonds. The van der Waals surface area contributed by atoms with Gasteiger partial charge in [0, 0.05) is 18.2 Å². The Kier molecular flexibility index (Phi) is 5.82. The second kappa shape index (κ2) is 8.10. The first kappa shape index (κ1) is 19.4. The molecule has 3 aromatic rings. The fourth-order valence-electron chi connectivity index (χ4n) is 2.87. The lowest BCUT2D eigenvalue weighted by Gasteiger charge is -2.22. The van der Waals surface area contributed by atoms with Gasteiger partial charge in [-0.05, 0) is 44.0 Å². The van der Waals surface area contributed by atoms with Crippen molar-refractivity contribution in [3.8, 4) is 11.3 Å². The van der Waals surface area contributed by atoms with Crippen molar-refractivity contribution in [2.24, 2.45) is 0 Å². The van der Waals surface area contributed by atoms with Gasteiger partial charge in [0.1, 0.15) is 5.76 Å². The first-order chi connectivity index (χ1) is 12.9. The third-order valence-corrected chi connectivity index (χ3v) is 6.38. The summed E-state index contributed by atoms with van der Waals surface area (Å²) in [7, 11) is -3.69. The molecule has 27 heavy (non-hydrogen) atoms. The van der Waals surface area contributed by atoms with Crippen LogP contribution < -0.4 is 0 Å². The van der Waals surface area contributed by atoms with Gasteiger partial charge in [-0.3, -0.25) is 0 Å². The third kappa shape index (κ3) is 4.31. The van der Waals surface area contributed by atoms with Crippen LogP contribution in [-0.2, 0) is 16.6 Å². The predicted molar refractivity (Wildman–Crippen MR) is 103 cm³/mol. The first-order valence-electron chi connectivity index (χ1n) is 8.98. The standard InChI is InChI=1S/C20H24N2O4S/c1-4-5-10-22(14-18-7-6-11-25-18)27(23,24)20-13-17(9-8-15(20)2)19-12-16(3)21-26-19/h6-9,11-13H,4-5,10,14H2,1-3H3. The van der Waals surface area contributed by atoms with Crippen molar-refractivity contribution in [3.05, 3.63) is 59.7 Å². The Morgan fingerprint density at radius 3 is 2.59 bits per heavy atom. The number of aryl methyl sites for hydroxylation is 2. The lowest BCUT2D eigenvalue weighted by atomic mass is 10.1. The fraction of sp³-hybridized carbons (Fsp3) is 0.350. The van der Waals surface area contributed by atoms with Crippen LogP contribution in [-0.4, -0.2) is 24.4 Å². The Balaban J connectivity index is 1.99. The summed E-state index contributed by atoms with van der Waals surface area (Å²) in [4.78, 5) is 0.275. The largest absolute Gasteiger partial charge is 0.468 e. The van der Waals surface area contributed by atoms with E-state index in [2.05, 4.69) is 5.16 Å². The van der Waals surface area contributed by atoms with Gasteiger partial charge in [-0.15, -0.1) is 0 Å². The molecule has 0 N–H and O–H groups in total. The lowest BCUT2D eigenvalue weighted by Crippen LogP contribution is -2.32. The van der Waals surface area contributed by atoms with Crippen molar-refractivity contribution >= 4 is 10.0 Å². The van der Waals surface area contributed by atoms with Crippen LogP contribution in [0.3, 0.4) is 0 Å². The van der Waals surface area contributed by atoms with Gasteiger partial charge < -0.3 is 8.94 Å². The highest BCUT2D eigenvalue weighted by atomic mass is 32.2. The van der Waals surface area contributed by atoms with Crippen LogP contribution in [0.2, 0.25) is 0 Å². The monoisotopic (exact) mass is 388 g/mol. The van der Waals surface area contributed by atoms with E-state index in [1.165, 1.54) is 4.31 Å². The fourth-order valence-corrected chi connectivity index (χ4v) is 4.56. The van der Waals surface area contributed by atoms with Crippen LogP contribution in [0.1, 0.15) is 36.8 Å². The summed E-state index contributed by atoms with van der Waals surface area (Å²) in [5, 5.41) is 3.89. The van der Waals surface area contributed by atoms with E-state index >= 15 is 0 Å². The quantitative estimate of drug-likeness (QED) is 0.566. The molecule has 0 atom stereocenters. The first-order valence-corrected chi connectivity index (χ1v) is 10.4. The van der Waals surface area contributed by atoms with Crippen molar-refractivity contribution in [1.29, 1.82) is 0 Å². The van der Waals surface area contributed by atoms with Gasteiger partial charge in [0.25, 0.3) is 0 Å². The highest BCUT2D eigenvalue weighted by molar-refractivity contribution is 7.89. The molecule has 6 nitrogen and oxygen atoms in total. The van der Waals surface area contributed by atoms with Crippen LogP contribution in [0.5, 0.6) is 0 Å². The average molecular weight is 388 g/mol. The van der Waals surface area contributed by atoms with Gasteiger partial charge in [0.2, 0.25) is 10.0 Å². The normalized spacial score (nSPS) is 12.0. The van der Waals surface area contributed by atoms with Crippen molar-refractivity contribution in [2.45, 2.75) is 45.1 Å². The Labute approximate surface area is 159 Å². The van der Waals surface area contributed by atoms with Crippen LogP contribution in [0.15, 0.2) is 56.5 Å². The zero-order chi connectivity index (χ0) is 19.4. The number of hydrogen-bond donors (Lipinski definition) is 0. The van der Waals surface area contributed by atoms with Gasteiger partial charge in [0.15, 0.2) is 5.76 Å². The van der Waals surface area contributed by atoms with E-state index in [-0.39, 0.29) is 11.4 Å². The zero-order valence-corrected chi connectivity index (χ0v) is 16.6. The highest BCUT2D eigenvalue weighted by Gasteiger charge is 2.27. The second-order valence-corrected chi connectivity index (χ2v) is 8.49. The summed E-state index contributed by atoms with van der Waals surface area (Å²) < 4.78 is 39.0. The number of hydrogen-bond acceptors (Lipinski definition) is 5. The number of rotatable bonds is 8. The molecule has 144 valence electrons. The minimum Gasteiger partial charge on any atom is -0.468 e. The number of benzene rings is 1. The van der Waals surface area contributed by atoms with Crippen LogP contribution >= 0.6 is 0 Å². The molecular formula is C20H24N2O4S. The van der Waals surface area contributed by atoms with E-state index in [1.807, 2.05) is 19.9 Å². The van der Waals surface area contributed by atoms with Crippen molar-refractivity contribution in [1.82, 2.24) is 9.46 Å². The smallest absolute Gasteiger partial charge is 0.243 e. The van der Waals surface area contributed by atoms with Gasteiger partial charge in [0.05, 0.1) is 23.4 Å². The van der Waals surface area contributed by atoms with E-state index in [4.69, 9.17) is 8.94 Å². The summed E-state index contributed by atoms with van der Waals surface area (Å²) in [6.07, 6.45) is 3.23. The maximum absolute atomic E-state index is 13.4. The van der Waals surface area contributed by atoms with E-state index in [0.717, 1.165) is 18.5 Å². The Bertz CT molecular complexity index is 991. The minimum atomic E-state index is -3.69. The van der Waals surface area contributed by atoms with Gasteiger partial charge >= 0.3 is 0 Å². The van der Waals surface area contributed by atoms with Crippen LogP contribution in [0.25, 0.3) is 11.3 Å². The topological polar surface area (TPSA) is 76.6 Å². The molecule has 2 aromatic heterocycles. The minimum absolute atomic E-state index is 0.209. The maximum Gasteiger partial charge on any atom is 0.243 e. The van der Waals surface area contributed by atoms with Crippen LogP contribution in [0.4, 0.5) is 0 Å². The molecule has 3 rings (SSSR count). The Hall–Kier alpha value is -2.38. The summed E-state index contributed by atoms with van der Waals surface area (Å²) in [6, 6.07) is 10.6. The van der Waals surface area contributed by atoms with E-state index in [1.54, 1.807) is 43.5 Å². The lowest BCUT2D eigenvalue weighted by molar-refractivity contribution is 0.358. The molecule has 0 spiro atoms. The molecule has 7 heteroatoms. The predicted octanol–water partition coefficient (Wildman–Crippen LogP) is 4.54.